The highest BCUT2D eigenvalue weighted by Crippen LogP contribution is 2.35. The molecule has 2 amide bonds. The molecule has 0 radical (unpaired) electrons. The van der Waals surface area contributed by atoms with Crippen LogP contribution in [0.1, 0.15) is 27.2 Å². The van der Waals surface area contributed by atoms with Crippen LogP contribution >= 0.6 is 0 Å². The Morgan fingerprint density at radius 2 is 2.00 bits per heavy atom. The first-order chi connectivity index (χ1) is 12.8. The molecule has 140 valence electrons. The molecule has 0 spiro atoms. The van der Waals surface area contributed by atoms with Crippen molar-refractivity contribution in [3.63, 3.8) is 0 Å². The molecule has 3 N–H and O–H groups in total. The lowest BCUT2D eigenvalue weighted by molar-refractivity contribution is -0.110. The minimum atomic E-state index is -3.62. The molecule has 0 saturated carbocycles. The first-order valence-corrected chi connectivity index (χ1v) is 9.87. The maximum Gasteiger partial charge on any atom is 0.256 e. The zero-order valence-corrected chi connectivity index (χ0v) is 15.6. The summed E-state index contributed by atoms with van der Waals surface area (Å²) in [5.41, 5.74) is 3.57. The number of H-pyrrole nitrogens is 1. The van der Waals surface area contributed by atoms with Gasteiger partial charge >= 0.3 is 0 Å². The van der Waals surface area contributed by atoms with Gasteiger partial charge in [0.1, 0.15) is 0 Å². The van der Waals surface area contributed by atoms with E-state index in [0.717, 1.165) is 5.56 Å². The number of hydrogen-bond donors (Lipinski definition) is 3. The van der Waals surface area contributed by atoms with E-state index in [9.17, 15) is 18.0 Å². The van der Waals surface area contributed by atoms with Crippen molar-refractivity contribution in [2.45, 2.75) is 11.3 Å². The molecule has 4 rings (SSSR count). The zero-order valence-electron chi connectivity index (χ0n) is 14.8. The monoisotopic (exact) mass is 386 g/mol. The summed E-state index contributed by atoms with van der Waals surface area (Å²) in [6.45, 7) is 0.604. The van der Waals surface area contributed by atoms with Crippen LogP contribution in [0, 0.1) is 0 Å². The average molecular weight is 386 g/mol. The van der Waals surface area contributed by atoms with Crippen LogP contribution in [0.3, 0.4) is 0 Å². The van der Waals surface area contributed by atoms with Crippen molar-refractivity contribution in [1.29, 1.82) is 0 Å². The Bertz CT molecular complexity index is 1110. The van der Waals surface area contributed by atoms with Crippen molar-refractivity contribution in [2.75, 3.05) is 26.0 Å². The molecule has 9 heteroatoms. The van der Waals surface area contributed by atoms with Crippen molar-refractivity contribution in [2.24, 2.45) is 0 Å². The molecular weight excluding hydrogens is 368 g/mol. The van der Waals surface area contributed by atoms with Crippen molar-refractivity contribution in [3.8, 4) is 0 Å². The van der Waals surface area contributed by atoms with Gasteiger partial charge in [-0.05, 0) is 43.3 Å². The number of fused-ring (bicyclic) bond motifs is 2. The molecule has 2 aromatic rings. The van der Waals surface area contributed by atoms with E-state index in [1.165, 1.54) is 19.2 Å². The largest absolute Gasteiger partial charge is 0.361 e. The summed E-state index contributed by atoms with van der Waals surface area (Å²) in [5.74, 6) is -0.373. The van der Waals surface area contributed by atoms with Gasteiger partial charge in [-0.2, -0.15) is 0 Å². The second kappa shape index (κ2) is 6.07. The number of aromatic nitrogens is 1. The van der Waals surface area contributed by atoms with Crippen LogP contribution in [-0.4, -0.2) is 50.8 Å². The Hall–Kier alpha value is -2.91. The van der Waals surface area contributed by atoms with Crippen LogP contribution in [0.2, 0.25) is 0 Å². The molecule has 1 aromatic carbocycles. The summed E-state index contributed by atoms with van der Waals surface area (Å²) in [6, 6.07) is 4.49. The number of nitrogens with one attached hydrogen (secondary N) is 3. The fraction of sp³-hybridized carbons (Fsp3) is 0.222. The quantitative estimate of drug-likeness (QED) is 0.685. The minimum absolute atomic E-state index is 0.0594. The maximum atomic E-state index is 12.4. The molecule has 0 fully saturated rings. The molecule has 1 aromatic heterocycles. The number of benzene rings is 1. The Labute approximate surface area is 156 Å². The van der Waals surface area contributed by atoms with E-state index in [1.54, 1.807) is 30.3 Å². The number of aromatic amines is 1. The zero-order chi connectivity index (χ0) is 19.3. The van der Waals surface area contributed by atoms with E-state index in [4.69, 9.17) is 0 Å². The second-order valence-corrected chi connectivity index (χ2v) is 8.38. The Balaban J connectivity index is 1.81. The lowest BCUT2D eigenvalue weighted by Crippen LogP contribution is -2.33. The van der Waals surface area contributed by atoms with Crippen molar-refractivity contribution in [3.05, 3.63) is 46.8 Å². The molecule has 27 heavy (non-hydrogen) atoms. The molecule has 0 aliphatic carbocycles. The highest BCUT2D eigenvalue weighted by Gasteiger charge is 2.29. The van der Waals surface area contributed by atoms with Crippen LogP contribution in [0.5, 0.6) is 0 Å². The summed E-state index contributed by atoms with van der Waals surface area (Å²) < 4.78 is 26.4. The Kier molecular flexibility index (Phi) is 3.93. The molecule has 0 saturated heterocycles. The lowest BCUT2D eigenvalue weighted by Gasteiger charge is -2.22. The molecule has 2 aliphatic heterocycles. The van der Waals surface area contributed by atoms with Crippen LogP contribution in [0.4, 0.5) is 5.69 Å². The number of nitrogens with zero attached hydrogens (tertiary/aromatic N) is 1. The number of anilines is 1. The van der Waals surface area contributed by atoms with Gasteiger partial charge in [0.25, 0.3) is 11.8 Å². The first-order valence-electron chi connectivity index (χ1n) is 8.38. The molecule has 2 aliphatic rings. The number of carbonyl (C=O) groups excluding carboxylic acids is 2. The van der Waals surface area contributed by atoms with Crippen LogP contribution in [0.15, 0.2) is 29.3 Å². The summed E-state index contributed by atoms with van der Waals surface area (Å²) in [7, 11) is -0.539. The van der Waals surface area contributed by atoms with Gasteiger partial charge in [0.05, 0.1) is 16.0 Å². The van der Waals surface area contributed by atoms with E-state index in [1.807, 2.05) is 0 Å². The number of amides is 2. The topological polar surface area (TPSA) is 111 Å². The number of hydrogen-bond acceptors (Lipinski definition) is 4. The molecule has 0 atom stereocenters. The van der Waals surface area contributed by atoms with Crippen molar-refractivity contribution < 1.29 is 18.0 Å². The standard InChI is InChI=1S/C18H18N4O4S/c1-19-27(25,26)10-3-4-15-12(7-10)13(17(23)21-15)8-16-11-5-6-22(2)18(24)14(11)9-20-16/h3-4,7-9,19-20H,5-6H2,1-2H3,(H,21,23)/b13-8-. The summed E-state index contributed by atoms with van der Waals surface area (Å²) in [5, 5.41) is 2.74. The average Bonchev–Trinajstić information content (AvgIpc) is 3.19. The predicted octanol–water partition coefficient (Wildman–Crippen LogP) is 1.04. The van der Waals surface area contributed by atoms with E-state index in [2.05, 4.69) is 15.0 Å². The fourth-order valence-corrected chi connectivity index (χ4v) is 4.14. The number of rotatable bonds is 3. The number of sulfonamides is 1. The van der Waals surface area contributed by atoms with Crippen molar-refractivity contribution in [1.82, 2.24) is 14.6 Å². The second-order valence-electron chi connectivity index (χ2n) is 6.50. The highest BCUT2D eigenvalue weighted by molar-refractivity contribution is 7.89. The van der Waals surface area contributed by atoms with Gasteiger partial charge in [-0.25, -0.2) is 13.1 Å². The van der Waals surface area contributed by atoms with Crippen LogP contribution < -0.4 is 10.0 Å². The summed E-state index contributed by atoms with van der Waals surface area (Å²) in [4.78, 5) is 29.5. The SMILES string of the molecule is CNS(=O)(=O)c1ccc2c(c1)/C(=C/c1[nH]cc3c1CCN(C)C3=O)C(=O)N2. The number of likely N-dealkylation sites (N-methyl/N-ethyl adjacent to an activating group) is 1. The van der Waals surface area contributed by atoms with Gasteiger partial charge in [-0.15, -0.1) is 0 Å². The maximum absolute atomic E-state index is 12.4. The summed E-state index contributed by atoms with van der Waals surface area (Å²) in [6.07, 6.45) is 4.01. The molecule has 8 nitrogen and oxygen atoms in total. The van der Waals surface area contributed by atoms with E-state index < -0.39 is 10.0 Å². The smallest absolute Gasteiger partial charge is 0.256 e. The Morgan fingerprint density at radius 3 is 2.74 bits per heavy atom. The molecule has 3 heterocycles. The van der Waals surface area contributed by atoms with Crippen LogP contribution in [-0.2, 0) is 21.2 Å². The van der Waals surface area contributed by atoms with Gasteiger partial charge in [0.2, 0.25) is 10.0 Å². The van der Waals surface area contributed by atoms with Gasteiger partial charge < -0.3 is 15.2 Å². The minimum Gasteiger partial charge on any atom is -0.361 e. The predicted molar refractivity (Wildman–Crippen MR) is 101 cm³/mol. The van der Waals surface area contributed by atoms with Gasteiger partial charge in [0.15, 0.2) is 0 Å². The molecule has 0 bridgehead atoms. The highest BCUT2D eigenvalue weighted by atomic mass is 32.2. The Morgan fingerprint density at radius 1 is 1.22 bits per heavy atom. The number of carbonyl (C=O) groups is 2. The summed E-state index contributed by atoms with van der Waals surface area (Å²) >= 11 is 0. The van der Waals surface area contributed by atoms with Crippen molar-refractivity contribution >= 4 is 39.2 Å². The third-order valence-corrected chi connectivity index (χ3v) is 6.35. The fourth-order valence-electron chi connectivity index (χ4n) is 3.38. The van der Waals surface area contributed by atoms with E-state index in [-0.39, 0.29) is 16.7 Å². The first kappa shape index (κ1) is 17.5. The van der Waals surface area contributed by atoms with Crippen LogP contribution in [0.25, 0.3) is 11.6 Å². The molecular formula is C18H18N4O4S. The van der Waals surface area contributed by atoms with E-state index in [0.29, 0.717) is 41.0 Å². The third-order valence-electron chi connectivity index (χ3n) is 4.94. The van der Waals surface area contributed by atoms with Gasteiger partial charge in [-0.3, -0.25) is 9.59 Å². The van der Waals surface area contributed by atoms with Gasteiger partial charge in [-0.1, -0.05) is 0 Å². The third kappa shape index (κ3) is 2.75. The molecule has 0 unspecified atom stereocenters. The van der Waals surface area contributed by atoms with Gasteiger partial charge in [0, 0.05) is 36.7 Å². The van der Waals surface area contributed by atoms with E-state index >= 15 is 0 Å². The lowest BCUT2D eigenvalue weighted by atomic mass is 9.99. The normalized spacial score (nSPS) is 17.9.